The summed E-state index contributed by atoms with van der Waals surface area (Å²) in [5, 5.41) is 11.2. The molecule has 0 saturated carbocycles. The molecule has 11 nitrogen and oxygen atoms in total. The first-order valence-corrected chi connectivity index (χ1v) is 11.5. The molecule has 6 N–H and O–H groups in total. The average Bonchev–Trinajstić information content (AvgIpc) is 2.75. The third-order valence-electron chi connectivity index (χ3n) is 4.90. The SMILES string of the molecule is N=C(N)NOCCNC(=O)CN1CCC[C@H](NS(=O)(=O)c2ccc3ccccc3c2)C1=O. The molecule has 1 atom stereocenters. The number of carbonyl (C=O) groups is 2. The Labute approximate surface area is 185 Å². The average molecular weight is 463 g/mol. The van der Waals surface area contributed by atoms with Crippen LogP contribution in [0.4, 0.5) is 0 Å². The van der Waals surface area contributed by atoms with Crippen LogP contribution >= 0.6 is 0 Å². The summed E-state index contributed by atoms with van der Waals surface area (Å²) in [7, 11) is -3.91. The summed E-state index contributed by atoms with van der Waals surface area (Å²) in [6.45, 7) is 0.405. The third kappa shape index (κ3) is 6.15. The Hall–Kier alpha value is -3.22. The zero-order chi connectivity index (χ0) is 23.1. The van der Waals surface area contributed by atoms with Crippen molar-refractivity contribution in [2.75, 3.05) is 26.2 Å². The van der Waals surface area contributed by atoms with Crippen LogP contribution in [0.3, 0.4) is 0 Å². The first-order valence-electron chi connectivity index (χ1n) is 10.0. The van der Waals surface area contributed by atoms with Gasteiger partial charge in [-0.25, -0.2) is 13.9 Å². The molecule has 2 aromatic rings. The maximum atomic E-state index is 12.9. The molecule has 1 aliphatic heterocycles. The van der Waals surface area contributed by atoms with E-state index in [0.717, 1.165) is 10.8 Å². The number of rotatable bonds is 9. The molecule has 32 heavy (non-hydrogen) atoms. The molecule has 2 amide bonds. The van der Waals surface area contributed by atoms with Crippen LogP contribution in [-0.4, -0.2) is 63.4 Å². The largest absolute Gasteiger partial charge is 0.368 e. The van der Waals surface area contributed by atoms with Crippen LogP contribution < -0.4 is 21.3 Å². The van der Waals surface area contributed by atoms with Gasteiger partial charge in [-0.15, -0.1) is 0 Å². The Bertz CT molecular complexity index is 1110. The van der Waals surface area contributed by atoms with E-state index in [1.54, 1.807) is 12.1 Å². The lowest BCUT2D eigenvalue weighted by Gasteiger charge is -2.32. The van der Waals surface area contributed by atoms with E-state index in [2.05, 4.69) is 15.5 Å². The molecule has 1 aliphatic rings. The molecule has 3 rings (SSSR count). The molecule has 172 valence electrons. The van der Waals surface area contributed by atoms with E-state index >= 15 is 0 Å². The van der Waals surface area contributed by atoms with E-state index in [1.807, 2.05) is 24.3 Å². The van der Waals surface area contributed by atoms with Crippen LogP contribution in [0.5, 0.6) is 0 Å². The topological polar surface area (TPSA) is 167 Å². The number of likely N-dealkylation sites (tertiary alicyclic amines) is 1. The zero-order valence-corrected chi connectivity index (χ0v) is 18.2. The van der Waals surface area contributed by atoms with Crippen LogP contribution in [0.25, 0.3) is 10.8 Å². The standard InChI is InChI=1S/C20H26N6O5S/c21-20(22)24-31-11-9-23-18(27)13-26-10-3-6-17(19(26)28)25-32(29,30)16-8-7-14-4-1-2-5-15(14)12-16/h1-2,4-5,7-8,12,17,25H,3,6,9-11,13H2,(H,23,27)(H4,21,22,24)/t17-/m0/s1. The molecule has 0 bridgehead atoms. The molecular weight excluding hydrogens is 436 g/mol. The van der Waals surface area contributed by atoms with Crippen molar-refractivity contribution in [1.82, 2.24) is 20.4 Å². The number of piperidine rings is 1. The van der Waals surface area contributed by atoms with Crippen molar-refractivity contribution in [1.29, 1.82) is 5.41 Å². The highest BCUT2D eigenvalue weighted by Crippen LogP contribution is 2.20. The number of nitrogens with one attached hydrogen (secondary N) is 4. The Kier molecular flexibility index (Phi) is 7.62. The number of fused-ring (bicyclic) bond motifs is 1. The van der Waals surface area contributed by atoms with E-state index in [9.17, 15) is 18.0 Å². The van der Waals surface area contributed by atoms with E-state index in [0.29, 0.717) is 19.4 Å². The van der Waals surface area contributed by atoms with Gasteiger partial charge in [-0.05, 0) is 35.7 Å². The van der Waals surface area contributed by atoms with Crippen molar-refractivity contribution in [3.8, 4) is 0 Å². The minimum absolute atomic E-state index is 0.0768. The predicted octanol–water partition coefficient (Wildman–Crippen LogP) is -0.360. The Morgan fingerprint density at radius 1 is 1.22 bits per heavy atom. The first-order chi connectivity index (χ1) is 15.3. The molecule has 0 radical (unpaired) electrons. The van der Waals surface area contributed by atoms with Gasteiger partial charge in [0, 0.05) is 13.1 Å². The number of hydrogen-bond donors (Lipinski definition) is 5. The predicted molar refractivity (Wildman–Crippen MR) is 118 cm³/mol. The number of hydrogen-bond acceptors (Lipinski definition) is 6. The first kappa shape index (κ1) is 23.4. The normalized spacial score (nSPS) is 16.7. The molecular formula is C20H26N6O5S. The van der Waals surface area contributed by atoms with Gasteiger partial charge in [-0.1, -0.05) is 30.3 Å². The van der Waals surface area contributed by atoms with Gasteiger partial charge >= 0.3 is 0 Å². The number of guanidine groups is 1. The number of benzene rings is 2. The summed E-state index contributed by atoms with van der Waals surface area (Å²) in [6, 6.07) is 11.3. The smallest absolute Gasteiger partial charge is 0.241 e. The number of hydroxylamine groups is 1. The highest BCUT2D eigenvalue weighted by molar-refractivity contribution is 7.89. The van der Waals surface area contributed by atoms with Crippen molar-refractivity contribution in [3.05, 3.63) is 42.5 Å². The molecule has 12 heteroatoms. The highest BCUT2D eigenvalue weighted by atomic mass is 32.2. The molecule has 1 fully saturated rings. The van der Waals surface area contributed by atoms with Gasteiger partial charge in [0.25, 0.3) is 0 Å². The second-order valence-electron chi connectivity index (χ2n) is 7.30. The van der Waals surface area contributed by atoms with E-state index in [1.165, 1.54) is 11.0 Å². The summed E-state index contributed by atoms with van der Waals surface area (Å²) in [5.41, 5.74) is 7.20. The molecule has 0 aliphatic carbocycles. The van der Waals surface area contributed by atoms with Gasteiger partial charge < -0.3 is 16.0 Å². The Balaban J connectivity index is 1.57. The molecule has 1 saturated heterocycles. The van der Waals surface area contributed by atoms with Crippen LogP contribution in [-0.2, 0) is 24.4 Å². The van der Waals surface area contributed by atoms with Gasteiger partial charge in [0.1, 0.15) is 6.04 Å². The summed E-state index contributed by atoms with van der Waals surface area (Å²) >= 11 is 0. The monoisotopic (exact) mass is 462 g/mol. The number of nitrogens with two attached hydrogens (primary N) is 1. The van der Waals surface area contributed by atoms with Crippen molar-refractivity contribution >= 4 is 38.6 Å². The maximum Gasteiger partial charge on any atom is 0.241 e. The lowest BCUT2D eigenvalue weighted by Crippen LogP contribution is -2.54. The molecule has 0 aromatic heterocycles. The Morgan fingerprint density at radius 3 is 2.72 bits per heavy atom. The number of nitrogens with zero attached hydrogens (tertiary/aromatic N) is 1. The van der Waals surface area contributed by atoms with Crippen molar-refractivity contribution in [2.45, 2.75) is 23.8 Å². The van der Waals surface area contributed by atoms with Crippen LogP contribution in [0.15, 0.2) is 47.4 Å². The highest BCUT2D eigenvalue weighted by Gasteiger charge is 2.33. The van der Waals surface area contributed by atoms with Crippen molar-refractivity contribution in [3.63, 3.8) is 0 Å². The van der Waals surface area contributed by atoms with Crippen LogP contribution in [0.1, 0.15) is 12.8 Å². The van der Waals surface area contributed by atoms with Gasteiger partial charge in [0.05, 0.1) is 18.0 Å². The van der Waals surface area contributed by atoms with Gasteiger partial charge in [0.15, 0.2) is 0 Å². The van der Waals surface area contributed by atoms with Gasteiger partial charge in [0.2, 0.25) is 27.8 Å². The quantitative estimate of drug-likeness (QED) is 0.147. The zero-order valence-electron chi connectivity index (χ0n) is 17.3. The minimum Gasteiger partial charge on any atom is -0.368 e. The maximum absolute atomic E-state index is 12.9. The van der Waals surface area contributed by atoms with E-state index in [4.69, 9.17) is 16.0 Å². The van der Waals surface area contributed by atoms with E-state index < -0.39 is 27.9 Å². The molecule has 0 spiro atoms. The fourth-order valence-corrected chi connectivity index (χ4v) is 4.65. The number of sulfonamides is 1. The second kappa shape index (κ2) is 10.4. The van der Waals surface area contributed by atoms with Crippen LogP contribution in [0.2, 0.25) is 0 Å². The van der Waals surface area contributed by atoms with Gasteiger partial charge in [-0.3, -0.25) is 19.8 Å². The Morgan fingerprint density at radius 2 is 1.97 bits per heavy atom. The van der Waals surface area contributed by atoms with Crippen molar-refractivity contribution in [2.24, 2.45) is 5.73 Å². The number of amides is 2. The van der Waals surface area contributed by atoms with E-state index in [-0.39, 0.29) is 30.6 Å². The number of carbonyl (C=O) groups excluding carboxylic acids is 2. The fourth-order valence-electron chi connectivity index (χ4n) is 3.40. The minimum atomic E-state index is -3.91. The molecule has 0 unspecified atom stereocenters. The summed E-state index contributed by atoms with van der Waals surface area (Å²) in [6.07, 6.45) is 0.921. The summed E-state index contributed by atoms with van der Waals surface area (Å²) in [5.74, 6) is -1.19. The lowest BCUT2D eigenvalue weighted by atomic mass is 10.1. The lowest BCUT2D eigenvalue weighted by molar-refractivity contribution is -0.139. The third-order valence-corrected chi connectivity index (χ3v) is 6.37. The van der Waals surface area contributed by atoms with Gasteiger partial charge in [-0.2, -0.15) is 4.72 Å². The fraction of sp³-hybridized carbons (Fsp3) is 0.350. The summed E-state index contributed by atoms with van der Waals surface area (Å²) < 4.78 is 28.2. The molecule has 1 heterocycles. The molecule has 2 aromatic carbocycles. The summed E-state index contributed by atoms with van der Waals surface area (Å²) in [4.78, 5) is 31.1. The van der Waals surface area contributed by atoms with Crippen LogP contribution in [0, 0.1) is 5.41 Å². The second-order valence-corrected chi connectivity index (χ2v) is 9.01. The van der Waals surface area contributed by atoms with Crippen molar-refractivity contribution < 1.29 is 22.8 Å².